The van der Waals surface area contributed by atoms with E-state index in [-0.39, 0.29) is 17.0 Å². The first-order valence-electron chi connectivity index (χ1n) is 5.19. The molecular weight excluding hydrogens is 276 g/mol. The number of rotatable bonds is 6. The predicted octanol–water partition coefficient (Wildman–Crippen LogP) is 0.170. The minimum atomic E-state index is -3.70. The lowest BCUT2D eigenvalue weighted by atomic mass is 10.2. The van der Waals surface area contributed by atoms with Gasteiger partial charge in [0.25, 0.3) is 5.69 Å². The van der Waals surface area contributed by atoms with Crippen molar-refractivity contribution < 1.29 is 23.2 Å². The summed E-state index contributed by atoms with van der Waals surface area (Å²) < 4.78 is 23.6. The number of nitrogens with zero attached hydrogens (tertiary/aromatic N) is 1. The lowest BCUT2D eigenvalue weighted by molar-refractivity contribution is -0.384. The number of nitrogens with two attached hydrogens (primary N) is 1. The molecule has 0 unspecified atom stereocenters. The molecule has 0 heterocycles. The molecule has 0 spiro atoms. The van der Waals surface area contributed by atoms with E-state index >= 15 is 0 Å². The van der Waals surface area contributed by atoms with Gasteiger partial charge in [-0.3, -0.25) is 14.9 Å². The molecule has 19 heavy (non-hydrogen) atoms. The smallest absolute Gasteiger partial charge is 0.320 e. The topological polar surface area (TPSA) is 141 Å². The second-order valence-electron chi connectivity index (χ2n) is 3.80. The standard InChI is InChI=1S/C10H12N2O6S/c11-9(10(13)14)5-6-19(17,18)8-3-1-7(2-4-8)12(15)16/h1-4,9H,5-6,11H2,(H,13,14)/t9-/m0/s1. The van der Waals surface area contributed by atoms with E-state index in [0.29, 0.717) is 0 Å². The zero-order valence-corrected chi connectivity index (χ0v) is 10.5. The third kappa shape index (κ3) is 4.00. The number of carboxylic acid groups (broad SMARTS) is 1. The van der Waals surface area contributed by atoms with Gasteiger partial charge in [-0.15, -0.1) is 0 Å². The van der Waals surface area contributed by atoms with E-state index in [4.69, 9.17) is 10.8 Å². The molecule has 1 aromatic rings. The normalized spacial score (nSPS) is 12.9. The van der Waals surface area contributed by atoms with Crippen molar-refractivity contribution in [3.8, 4) is 0 Å². The Hall–Kier alpha value is -2.00. The van der Waals surface area contributed by atoms with Gasteiger partial charge in [-0.2, -0.15) is 0 Å². The monoisotopic (exact) mass is 288 g/mol. The van der Waals surface area contributed by atoms with Crippen molar-refractivity contribution in [2.75, 3.05) is 5.75 Å². The number of hydrogen-bond donors (Lipinski definition) is 2. The van der Waals surface area contributed by atoms with Crippen LogP contribution in [-0.2, 0) is 14.6 Å². The summed E-state index contributed by atoms with van der Waals surface area (Å²) >= 11 is 0. The average molecular weight is 288 g/mol. The summed E-state index contributed by atoms with van der Waals surface area (Å²) in [6, 6.07) is 3.11. The third-order valence-electron chi connectivity index (χ3n) is 2.42. The number of carbonyl (C=O) groups is 1. The van der Waals surface area contributed by atoms with Gasteiger partial charge in [0.1, 0.15) is 6.04 Å². The van der Waals surface area contributed by atoms with Crippen LogP contribution in [0.25, 0.3) is 0 Å². The Bertz CT molecular complexity index is 581. The Labute approximate surface area is 108 Å². The number of aliphatic carboxylic acids is 1. The molecule has 8 nitrogen and oxygen atoms in total. The van der Waals surface area contributed by atoms with Gasteiger partial charge in [-0.05, 0) is 18.6 Å². The van der Waals surface area contributed by atoms with Gasteiger partial charge in [0.2, 0.25) is 0 Å². The molecule has 0 bridgehead atoms. The minimum Gasteiger partial charge on any atom is -0.480 e. The van der Waals surface area contributed by atoms with E-state index in [1.54, 1.807) is 0 Å². The van der Waals surface area contributed by atoms with Gasteiger partial charge < -0.3 is 10.8 Å². The highest BCUT2D eigenvalue weighted by atomic mass is 32.2. The molecule has 0 fully saturated rings. The van der Waals surface area contributed by atoms with Crippen molar-refractivity contribution in [1.29, 1.82) is 0 Å². The molecule has 0 aliphatic rings. The van der Waals surface area contributed by atoms with Gasteiger partial charge >= 0.3 is 5.97 Å². The zero-order valence-electron chi connectivity index (χ0n) is 9.72. The van der Waals surface area contributed by atoms with Crippen molar-refractivity contribution in [3.05, 3.63) is 34.4 Å². The highest BCUT2D eigenvalue weighted by Crippen LogP contribution is 2.17. The average Bonchev–Trinajstić information content (AvgIpc) is 2.36. The Morgan fingerprint density at radius 2 is 1.89 bits per heavy atom. The molecule has 0 amide bonds. The van der Waals surface area contributed by atoms with E-state index in [0.717, 1.165) is 24.3 Å². The Morgan fingerprint density at radius 1 is 1.37 bits per heavy atom. The van der Waals surface area contributed by atoms with E-state index in [9.17, 15) is 23.3 Å². The van der Waals surface area contributed by atoms with Gasteiger partial charge in [0, 0.05) is 12.1 Å². The number of nitro groups is 1. The highest BCUT2D eigenvalue weighted by Gasteiger charge is 2.20. The molecule has 0 aliphatic carbocycles. The van der Waals surface area contributed by atoms with Crippen molar-refractivity contribution in [3.63, 3.8) is 0 Å². The van der Waals surface area contributed by atoms with Crippen molar-refractivity contribution in [2.45, 2.75) is 17.4 Å². The molecule has 0 radical (unpaired) electrons. The van der Waals surface area contributed by atoms with Crippen LogP contribution in [0.1, 0.15) is 6.42 Å². The van der Waals surface area contributed by atoms with Crippen LogP contribution in [0.2, 0.25) is 0 Å². The minimum absolute atomic E-state index is 0.101. The number of benzene rings is 1. The van der Waals surface area contributed by atoms with E-state index in [1.165, 1.54) is 0 Å². The summed E-state index contributed by atoms with van der Waals surface area (Å²) in [5.41, 5.74) is 4.99. The summed E-state index contributed by atoms with van der Waals surface area (Å²) in [7, 11) is -3.70. The van der Waals surface area contributed by atoms with Crippen LogP contribution in [0.3, 0.4) is 0 Å². The fourth-order valence-corrected chi connectivity index (χ4v) is 2.65. The van der Waals surface area contributed by atoms with Gasteiger partial charge in [-0.1, -0.05) is 0 Å². The van der Waals surface area contributed by atoms with Crippen molar-refractivity contribution in [1.82, 2.24) is 0 Å². The van der Waals surface area contributed by atoms with Crippen LogP contribution < -0.4 is 5.73 Å². The zero-order chi connectivity index (χ0) is 14.6. The molecule has 1 aromatic carbocycles. The van der Waals surface area contributed by atoms with Crippen molar-refractivity contribution in [2.24, 2.45) is 5.73 Å². The maximum atomic E-state index is 11.8. The lowest BCUT2D eigenvalue weighted by Gasteiger charge is -2.07. The summed E-state index contributed by atoms with van der Waals surface area (Å²) in [4.78, 5) is 20.2. The second kappa shape index (κ2) is 5.76. The molecule has 1 atom stereocenters. The third-order valence-corrected chi connectivity index (χ3v) is 4.18. The first-order valence-corrected chi connectivity index (χ1v) is 6.85. The number of sulfone groups is 1. The Kier molecular flexibility index (Phi) is 4.57. The molecule has 0 aromatic heterocycles. The maximum Gasteiger partial charge on any atom is 0.320 e. The predicted molar refractivity (Wildman–Crippen MR) is 65.4 cm³/mol. The van der Waals surface area contributed by atoms with Crippen LogP contribution in [0.5, 0.6) is 0 Å². The molecular formula is C10H12N2O6S. The first kappa shape index (κ1) is 15.1. The van der Waals surface area contributed by atoms with Gasteiger partial charge in [0.15, 0.2) is 9.84 Å². The van der Waals surface area contributed by atoms with Crippen LogP contribution in [-0.4, -0.2) is 36.2 Å². The molecule has 9 heteroatoms. The summed E-state index contributed by atoms with van der Waals surface area (Å²) in [5.74, 6) is -1.71. The number of nitro benzene ring substituents is 1. The molecule has 3 N–H and O–H groups in total. The van der Waals surface area contributed by atoms with Crippen LogP contribution in [0.15, 0.2) is 29.2 Å². The Morgan fingerprint density at radius 3 is 2.32 bits per heavy atom. The van der Waals surface area contributed by atoms with Gasteiger partial charge in [0.05, 0.1) is 15.6 Å². The molecule has 104 valence electrons. The number of hydrogen-bond acceptors (Lipinski definition) is 6. The largest absolute Gasteiger partial charge is 0.480 e. The van der Waals surface area contributed by atoms with E-state index in [2.05, 4.69) is 0 Å². The quantitative estimate of drug-likeness (QED) is 0.561. The molecule has 0 saturated carbocycles. The number of carboxylic acids is 1. The maximum absolute atomic E-state index is 11.8. The molecule has 0 saturated heterocycles. The van der Waals surface area contributed by atoms with E-state index < -0.39 is 32.5 Å². The highest BCUT2D eigenvalue weighted by molar-refractivity contribution is 7.91. The number of non-ortho nitro benzene ring substituents is 1. The van der Waals surface area contributed by atoms with Crippen LogP contribution in [0.4, 0.5) is 5.69 Å². The Balaban J connectivity index is 2.83. The van der Waals surface area contributed by atoms with Crippen LogP contribution >= 0.6 is 0 Å². The molecule has 0 aliphatic heterocycles. The summed E-state index contributed by atoms with van der Waals surface area (Å²) in [6.45, 7) is 0. The fraction of sp³-hybridized carbons (Fsp3) is 0.300. The summed E-state index contributed by atoms with van der Waals surface area (Å²) in [5, 5.41) is 19.0. The molecule has 1 rings (SSSR count). The SMILES string of the molecule is N[C@@H](CCS(=O)(=O)c1ccc([N+](=O)[O-])cc1)C(=O)O. The first-order chi connectivity index (χ1) is 8.74. The lowest BCUT2D eigenvalue weighted by Crippen LogP contribution is -2.32. The summed E-state index contributed by atoms with van der Waals surface area (Å²) in [6.07, 6.45) is -0.228. The van der Waals surface area contributed by atoms with Crippen LogP contribution in [0, 0.1) is 10.1 Å². The fourth-order valence-electron chi connectivity index (χ4n) is 1.30. The van der Waals surface area contributed by atoms with E-state index in [1.807, 2.05) is 0 Å². The second-order valence-corrected chi connectivity index (χ2v) is 5.91. The van der Waals surface area contributed by atoms with Crippen molar-refractivity contribution >= 4 is 21.5 Å². The van der Waals surface area contributed by atoms with Gasteiger partial charge in [-0.25, -0.2) is 8.42 Å².